The minimum absolute atomic E-state index is 0.218. The van der Waals surface area contributed by atoms with Crippen LogP contribution in [0.5, 0.6) is 0 Å². The summed E-state index contributed by atoms with van der Waals surface area (Å²) in [6, 6.07) is 7.91. The molecule has 0 aliphatic rings. The number of likely N-dealkylation sites (N-methyl/N-ethyl adjacent to an activating group) is 1. The second-order valence-electron chi connectivity index (χ2n) is 4.56. The fourth-order valence-electron chi connectivity index (χ4n) is 1.77. The van der Waals surface area contributed by atoms with Crippen LogP contribution in [0.1, 0.15) is 12.5 Å². The molecule has 0 radical (unpaired) electrons. The van der Waals surface area contributed by atoms with E-state index in [1.165, 1.54) is 14.0 Å². The molecule has 0 fully saturated rings. The summed E-state index contributed by atoms with van der Waals surface area (Å²) >= 11 is 3.37. The molecule has 0 aliphatic heterocycles. The number of nitrogens with zero attached hydrogens (tertiary/aromatic N) is 1. The SMILES string of the molecule is COC(=O)C(C)(O)CN(C)Cc1ccc(Br)cc1. The molecule has 0 amide bonds. The molecule has 1 N–H and O–H groups in total. The first-order chi connectivity index (χ1) is 8.35. The van der Waals surface area contributed by atoms with Gasteiger partial charge in [0.15, 0.2) is 5.60 Å². The van der Waals surface area contributed by atoms with E-state index < -0.39 is 11.6 Å². The second kappa shape index (κ2) is 6.31. The predicted octanol–water partition coefficient (Wildman–Crippen LogP) is 1.80. The number of carbonyl (C=O) groups excluding carboxylic acids is 1. The van der Waals surface area contributed by atoms with E-state index >= 15 is 0 Å². The van der Waals surface area contributed by atoms with Gasteiger partial charge in [-0.05, 0) is 31.7 Å². The van der Waals surface area contributed by atoms with E-state index in [-0.39, 0.29) is 6.54 Å². The van der Waals surface area contributed by atoms with Crippen molar-refractivity contribution >= 4 is 21.9 Å². The number of benzene rings is 1. The number of carbonyl (C=O) groups is 1. The summed E-state index contributed by atoms with van der Waals surface area (Å²) < 4.78 is 5.58. The number of methoxy groups -OCH3 is 1. The zero-order valence-electron chi connectivity index (χ0n) is 10.8. The van der Waals surface area contributed by atoms with E-state index in [9.17, 15) is 9.90 Å². The molecule has 0 saturated carbocycles. The van der Waals surface area contributed by atoms with E-state index in [1.54, 1.807) is 0 Å². The van der Waals surface area contributed by atoms with Crippen LogP contribution in [0.15, 0.2) is 28.7 Å². The minimum Gasteiger partial charge on any atom is -0.467 e. The van der Waals surface area contributed by atoms with Gasteiger partial charge in [0.05, 0.1) is 7.11 Å². The average Bonchev–Trinajstić information content (AvgIpc) is 2.30. The molecular formula is C13H18BrNO3. The van der Waals surface area contributed by atoms with Crippen molar-refractivity contribution in [3.63, 3.8) is 0 Å². The standard InChI is InChI=1S/C13H18BrNO3/c1-13(17,12(16)18-3)9-15(2)8-10-4-6-11(14)7-5-10/h4-7,17H,8-9H2,1-3H3. The molecule has 0 saturated heterocycles. The van der Waals surface area contributed by atoms with Gasteiger partial charge >= 0.3 is 5.97 Å². The monoisotopic (exact) mass is 315 g/mol. The van der Waals surface area contributed by atoms with Crippen LogP contribution in [-0.4, -0.2) is 42.3 Å². The van der Waals surface area contributed by atoms with Gasteiger partial charge in [0, 0.05) is 17.6 Å². The van der Waals surface area contributed by atoms with Gasteiger partial charge in [-0.25, -0.2) is 4.79 Å². The first kappa shape index (κ1) is 15.1. The summed E-state index contributed by atoms with van der Waals surface area (Å²) in [6.45, 7) is 2.33. The summed E-state index contributed by atoms with van der Waals surface area (Å²) in [6.07, 6.45) is 0. The summed E-state index contributed by atoms with van der Waals surface area (Å²) in [7, 11) is 3.12. The maximum atomic E-state index is 11.4. The van der Waals surface area contributed by atoms with Gasteiger partial charge in [0.25, 0.3) is 0 Å². The lowest BCUT2D eigenvalue weighted by atomic mass is 10.1. The van der Waals surface area contributed by atoms with Crippen molar-refractivity contribution < 1.29 is 14.6 Å². The van der Waals surface area contributed by atoms with E-state index in [0.717, 1.165) is 10.0 Å². The molecule has 1 aromatic carbocycles. The Kier molecular flexibility index (Phi) is 5.31. The van der Waals surface area contributed by atoms with Crippen LogP contribution in [-0.2, 0) is 16.1 Å². The second-order valence-corrected chi connectivity index (χ2v) is 5.48. The minimum atomic E-state index is -1.49. The lowest BCUT2D eigenvalue weighted by molar-refractivity contribution is -0.162. The number of esters is 1. The highest BCUT2D eigenvalue weighted by Gasteiger charge is 2.32. The highest BCUT2D eigenvalue weighted by molar-refractivity contribution is 9.10. The van der Waals surface area contributed by atoms with Gasteiger partial charge in [0.2, 0.25) is 0 Å². The Morgan fingerprint density at radius 1 is 1.44 bits per heavy atom. The van der Waals surface area contributed by atoms with Crippen LogP contribution in [0.2, 0.25) is 0 Å². The number of ether oxygens (including phenoxy) is 1. The van der Waals surface area contributed by atoms with Crippen molar-refractivity contribution in [2.45, 2.75) is 19.1 Å². The van der Waals surface area contributed by atoms with Crippen LogP contribution in [0.4, 0.5) is 0 Å². The Morgan fingerprint density at radius 2 is 2.00 bits per heavy atom. The Bertz CT molecular complexity index is 403. The van der Waals surface area contributed by atoms with Crippen LogP contribution in [0, 0.1) is 0 Å². The number of aliphatic hydroxyl groups is 1. The van der Waals surface area contributed by atoms with Crippen LogP contribution in [0.3, 0.4) is 0 Å². The van der Waals surface area contributed by atoms with Gasteiger partial charge in [-0.3, -0.25) is 4.90 Å². The quantitative estimate of drug-likeness (QED) is 0.842. The molecule has 4 nitrogen and oxygen atoms in total. The van der Waals surface area contributed by atoms with Crippen molar-refractivity contribution in [2.75, 3.05) is 20.7 Å². The van der Waals surface area contributed by atoms with Gasteiger partial charge in [0.1, 0.15) is 0 Å². The number of rotatable bonds is 5. The lowest BCUT2D eigenvalue weighted by Crippen LogP contribution is -2.46. The number of halogens is 1. The van der Waals surface area contributed by atoms with Gasteiger partial charge < -0.3 is 9.84 Å². The fraction of sp³-hybridized carbons (Fsp3) is 0.462. The van der Waals surface area contributed by atoms with E-state index in [2.05, 4.69) is 20.7 Å². The summed E-state index contributed by atoms with van der Waals surface area (Å²) in [5.74, 6) is -0.620. The third-order valence-corrected chi connectivity index (χ3v) is 3.10. The topological polar surface area (TPSA) is 49.8 Å². The zero-order chi connectivity index (χ0) is 13.8. The first-order valence-electron chi connectivity index (χ1n) is 5.59. The average molecular weight is 316 g/mol. The molecule has 18 heavy (non-hydrogen) atoms. The third-order valence-electron chi connectivity index (χ3n) is 2.57. The van der Waals surface area contributed by atoms with Crippen molar-refractivity contribution in [1.82, 2.24) is 4.90 Å². The fourth-order valence-corrected chi connectivity index (χ4v) is 2.03. The molecule has 1 aromatic rings. The van der Waals surface area contributed by atoms with Crippen LogP contribution in [0.25, 0.3) is 0 Å². The molecule has 1 rings (SSSR count). The Morgan fingerprint density at radius 3 is 2.50 bits per heavy atom. The molecule has 0 aromatic heterocycles. The van der Waals surface area contributed by atoms with E-state index in [1.807, 2.05) is 36.2 Å². The van der Waals surface area contributed by atoms with E-state index in [4.69, 9.17) is 0 Å². The predicted molar refractivity (Wildman–Crippen MR) is 73.1 cm³/mol. The molecule has 100 valence electrons. The Labute approximate surface area is 116 Å². The smallest absolute Gasteiger partial charge is 0.338 e. The maximum Gasteiger partial charge on any atom is 0.338 e. The summed E-state index contributed by atoms with van der Waals surface area (Å²) in [5.41, 5.74) is -0.375. The molecule has 0 heterocycles. The molecule has 0 spiro atoms. The Balaban J connectivity index is 2.58. The zero-order valence-corrected chi connectivity index (χ0v) is 12.4. The normalized spacial score (nSPS) is 14.3. The number of hydrogen-bond donors (Lipinski definition) is 1. The molecule has 5 heteroatoms. The summed E-state index contributed by atoms with van der Waals surface area (Å²) in [4.78, 5) is 13.2. The first-order valence-corrected chi connectivity index (χ1v) is 6.38. The van der Waals surface area contributed by atoms with Crippen molar-refractivity contribution in [2.24, 2.45) is 0 Å². The van der Waals surface area contributed by atoms with Crippen LogP contribution < -0.4 is 0 Å². The van der Waals surface area contributed by atoms with Gasteiger partial charge in [-0.1, -0.05) is 28.1 Å². The molecule has 1 unspecified atom stereocenters. The maximum absolute atomic E-state index is 11.4. The van der Waals surface area contributed by atoms with Crippen molar-refractivity contribution in [3.05, 3.63) is 34.3 Å². The highest BCUT2D eigenvalue weighted by atomic mass is 79.9. The van der Waals surface area contributed by atoms with E-state index in [0.29, 0.717) is 6.54 Å². The van der Waals surface area contributed by atoms with Crippen molar-refractivity contribution in [3.8, 4) is 0 Å². The molecule has 1 atom stereocenters. The molecule has 0 aliphatic carbocycles. The van der Waals surface area contributed by atoms with Crippen LogP contribution >= 0.6 is 15.9 Å². The summed E-state index contributed by atoms with van der Waals surface area (Å²) in [5, 5.41) is 9.95. The lowest BCUT2D eigenvalue weighted by Gasteiger charge is -2.26. The Hall–Kier alpha value is -0.910. The van der Waals surface area contributed by atoms with Gasteiger partial charge in [-0.15, -0.1) is 0 Å². The van der Waals surface area contributed by atoms with Gasteiger partial charge in [-0.2, -0.15) is 0 Å². The highest BCUT2D eigenvalue weighted by Crippen LogP contribution is 2.14. The third kappa shape index (κ3) is 4.40. The largest absolute Gasteiger partial charge is 0.467 e. The van der Waals surface area contributed by atoms with Crippen molar-refractivity contribution in [1.29, 1.82) is 0 Å². The molecule has 0 bridgehead atoms. The number of hydrogen-bond acceptors (Lipinski definition) is 4. The molecular weight excluding hydrogens is 298 g/mol.